The van der Waals surface area contributed by atoms with Gasteiger partial charge in [0.25, 0.3) is 0 Å². The first-order chi connectivity index (χ1) is 9.04. The number of anilines is 2. The molecule has 0 amide bonds. The summed E-state index contributed by atoms with van der Waals surface area (Å²) in [6.45, 7) is 1.85. The zero-order chi connectivity index (χ0) is 13.9. The number of nitrogen functional groups attached to an aromatic ring is 1. The number of aromatic nitrogens is 1. The Kier molecular flexibility index (Phi) is 4.97. The quantitative estimate of drug-likeness (QED) is 0.865. The van der Waals surface area contributed by atoms with E-state index in [1.165, 1.54) is 0 Å². The molecule has 0 atom stereocenters. The van der Waals surface area contributed by atoms with Crippen molar-refractivity contribution in [3.05, 3.63) is 0 Å². The molecule has 0 spiro atoms. The summed E-state index contributed by atoms with van der Waals surface area (Å²) in [4.78, 5) is 0.206. The van der Waals surface area contributed by atoms with Crippen LogP contribution in [0.5, 0.6) is 0 Å². The second-order valence-corrected chi connectivity index (χ2v) is 8.62. The minimum atomic E-state index is -3.32. The lowest BCUT2D eigenvalue weighted by molar-refractivity contribution is 0.595. The van der Waals surface area contributed by atoms with Crippen LogP contribution in [0.25, 0.3) is 0 Å². The number of nitrogens with zero attached hydrogens (tertiary/aromatic N) is 1. The number of thioether (sulfide) groups is 1. The second-order valence-electron chi connectivity index (χ2n) is 4.58. The summed E-state index contributed by atoms with van der Waals surface area (Å²) in [5.41, 5.74) is 5.74. The van der Waals surface area contributed by atoms with E-state index in [9.17, 15) is 8.42 Å². The van der Waals surface area contributed by atoms with E-state index in [4.69, 9.17) is 5.73 Å². The lowest BCUT2D eigenvalue weighted by Gasteiger charge is -2.23. The molecule has 0 unspecified atom stereocenters. The van der Waals surface area contributed by atoms with Crippen LogP contribution in [0.2, 0.25) is 0 Å². The molecule has 0 saturated carbocycles. The minimum Gasteiger partial charge on any atom is -0.382 e. The number of hydrogen-bond acceptors (Lipinski definition) is 7. The molecule has 1 saturated heterocycles. The Balaban J connectivity index is 2.22. The van der Waals surface area contributed by atoms with Crippen molar-refractivity contribution in [2.24, 2.45) is 0 Å². The summed E-state index contributed by atoms with van der Waals surface area (Å²) < 4.78 is 28.4. The topological polar surface area (TPSA) is 85.1 Å². The van der Waals surface area contributed by atoms with Gasteiger partial charge >= 0.3 is 0 Å². The van der Waals surface area contributed by atoms with Gasteiger partial charge in [-0.2, -0.15) is 16.1 Å². The fourth-order valence-corrected chi connectivity index (χ4v) is 5.88. The lowest BCUT2D eigenvalue weighted by atomic mass is 10.1. The number of nitrogens with two attached hydrogens (primary N) is 1. The maximum absolute atomic E-state index is 12.2. The van der Waals surface area contributed by atoms with Gasteiger partial charge in [-0.05, 0) is 42.3 Å². The van der Waals surface area contributed by atoms with Crippen LogP contribution in [0.3, 0.4) is 0 Å². The van der Waals surface area contributed by atoms with E-state index in [1.54, 1.807) is 0 Å². The van der Waals surface area contributed by atoms with Gasteiger partial charge in [0.2, 0.25) is 0 Å². The first-order valence-corrected chi connectivity index (χ1v) is 9.95. The van der Waals surface area contributed by atoms with Crippen LogP contribution in [0.4, 0.5) is 10.8 Å². The zero-order valence-corrected chi connectivity index (χ0v) is 13.3. The predicted molar refractivity (Wildman–Crippen MR) is 82.8 cm³/mol. The van der Waals surface area contributed by atoms with E-state index < -0.39 is 9.84 Å². The SMILES string of the molecule is CCCS(=O)(=O)c1c(N)nsc1NC1CCSCC1. The van der Waals surface area contributed by atoms with Crippen molar-refractivity contribution in [1.29, 1.82) is 0 Å². The van der Waals surface area contributed by atoms with Crippen LogP contribution >= 0.6 is 23.3 Å². The average Bonchev–Trinajstić information content (AvgIpc) is 2.72. The van der Waals surface area contributed by atoms with Crippen LogP contribution in [0, 0.1) is 0 Å². The van der Waals surface area contributed by atoms with Gasteiger partial charge in [-0.15, -0.1) is 0 Å². The maximum Gasteiger partial charge on any atom is 0.185 e. The molecule has 0 bridgehead atoms. The molecule has 0 aromatic carbocycles. The molecular formula is C11H19N3O2S3. The molecular weight excluding hydrogens is 302 g/mol. The van der Waals surface area contributed by atoms with E-state index in [-0.39, 0.29) is 16.5 Å². The molecule has 0 radical (unpaired) electrons. The number of nitrogens with one attached hydrogen (secondary N) is 1. The highest BCUT2D eigenvalue weighted by molar-refractivity contribution is 7.99. The van der Waals surface area contributed by atoms with E-state index in [1.807, 2.05) is 18.7 Å². The van der Waals surface area contributed by atoms with Crippen LogP contribution < -0.4 is 11.1 Å². The third kappa shape index (κ3) is 3.55. The number of rotatable bonds is 5. The van der Waals surface area contributed by atoms with Crippen molar-refractivity contribution >= 4 is 44.0 Å². The van der Waals surface area contributed by atoms with Crippen LogP contribution in [0.15, 0.2) is 4.90 Å². The van der Waals surface area contributed by atoms with Crippen molar-refractivity contribution in [3.63, 3.8) is 0 Å². The minimum absolute atomic E-state index is 0.116. The van der Waals surface area contributed by atoms with E-state index in [0.29, 0.717) is 17.5 Å². The fraction of sp³-hybridized carbons (Fsp3) is 0.727. The summed E-state index contributed by atoms with van der Waals surface area (Å²) in [6.07, 6.45) is 2.68. The van der Waals surface area contributed by atoms with Crippen molar-refractivity contribution in [3.8, 4) is 0 Å². The van der Waals surface area contributed by atoms with E-state index >= 15 is 0 Å². The van der Waals surface area contributed by atoms with E-state index in [2.05, 4.69) is 9.69 Å². The van der Waals surface area contributed by atoms with Gasteiger partial charge in [0.05, 0.1) is 5.75 Å². The molecule has 1 fully saturated rings. The Morgan fingerprint density at radius 2 is 2.11 bits per heavy atom. The third-order valence-electron chi connectivity index (χ3n) is 3.01. The van der Waals surface area contributed by atoms with Gasteiger partial charge < -0.3 is 11.1 Å². The van der Waals surface area contributed by atoms with Gasteiger partial charge in [0.1, 0.15) is 9.90 Å². The Labute approximate surface area is 122 Å². The van der Waals surface area contributed by atoms with E-state index in [0.717, 1.165) is 35.9 Å². The molecule has 19 heavy (non-hydrogen) atoms. The number of sulfone groups is 1. The largest absolute Gasteiger partial charge is 0.382 e. The first-order valence-electron chi connectivity index (χ1n) is 6.36. The van der Waals surface area contributed by atoms with Crippen LogP contribution in [-0.2, 0) is 9.84 Å². The standard InChI is InChI=1S/C11H19N3O2S3/c1-2-7-19(15,16)9-10(12)14-18-11(9)13-8-3-5-17-6-4-8/h8,13H,2-7H2,1H3,(H2,12,14). The molecule has 108 valence electrons. The summed E-state index contributed by atoms with van der Waals surface area (Å²) in [5.74, 6) is 2.47. The summed E-state index contributed by atoms with van der Waals surface area (Å²) >= 11 is 3.09. The Morgan fingerprint density at radius 3 is 2.74 bits per heavy atom. The Morgan fingerprint density at radius 1 is 1.42 bits per heavy atom. The number of hydrogen-bond donors (Lipinski definition) is 2. The molecule has 3 N–H and O–H groups in total. The molecule has 2 rings (SSSR count). The molecule has 0 aliphatic carbocycles. The summed E-state index contributed by atoms with van der Waals surface area (Å²) in [5, 5.41) is 3.93. The molecule has 1 aromatic heterocycles. The highest BCUT2D eigenvalue weighted by atomic mass is 32.2. The maximum atomic E-state index is 12.2. The van der Waals surface area contributed by atoms with Crippen LogP contribution in [0.1, 0.15) is 26.2 Å². The van der Waals surface area contributed by atoms with Crippen molar-refractivity contribution in [2.45, 2.75) is 37.1 Å². The third-order valence-corrected chi connectivity index (χ3v) is 6.97. The highest BCUT2D eigenvalue weighted by Gasteiger charge is 2.26. The highest BCUT2D eigenvalue weighted by Crippen LogP contribution is 2.34. The monoisotopic (exact) mass is 321 g/mol. The van der Waals surface area contributed by atoms with Gasteiger partial charge in [0, 0.05) is 6.04 Å². The molecule has 2 heterocycles. The first kappa shape index (κ1) is 14.9. The zero-order valence-electron chi connectivity index (χ0n) is 10.9. The normalized spacial score (nSPS) is 17.5. The molecule has 5 nitrogen and oxygen atoms in total. The van der Waals surface area contributed by atoms with Gasteiger partial charge in [0.15, 0.2) is 15.7 Å². The van der Waals surface area contributed by atoms with Crippen molar-refractivity contribution < 1.29 is 8.42 Å². The Hall–Kier alpha value is -0.470. The predicted octanol–water partition coefficient (Wildman–Crippen LogP) is 2.22. The molecule has 1 aromatic rings. The van der Waals surface area contributed by atoms with Gasteiger partial charge in [-0.3, -0.25) is 0 Å². The summed E-state index contributed by atoms with van der Waals surface area (Å²) in [7, 11) is -3.32. The van der Waals surface area contributed by atoms with Crippen LogP contribution in [-0.4, -0.2) is 36.1 Å². The summed E-state index contributed by atoms with van der Waals surface area (Å²) in [6, 6.07) is 0.330. The van der Waals surface area contributed by atoms with Gasteiger partial charge in [-0.25, -0.2) is 8.42 Å². The molecule has 8 heteroatoms. The molecule has 1 aliphatic heterocycles. The molecule has 1 aliphatic rings. The average molecular weight is 321 g/mol. The second kappa shape index (κ2) is 6.32. The fourth-order valence-electron chi connectivity index (χ4n) is 2.08. The van der Waals surface area contributed by atoms with Crippen molar-refractivity contribution in [1.82, 2.24) is 4.37 Å². The van der Waals surface area contributed by atoms with Gasteiger partial charge in [-0.1, -0.05) is 6.92 Å². The van der Waals surface area contributed by atoms with Crippen molar-refractivity contribution in [2.75, 3.05) is 28.3 Å². The lowest BCUT2D eigenvalue weighted by Crippen LogP contribution is -2.25. The Bertz CT molecular complexity index is 521. The smallest absolute Gasteiger partial charge is 0.185 e.